The van der Waals surface area contributed by atoms with Crippen molar-refractivity contribution in [1.29, 1.82) is 0 Å². The molecular weight excluding hydrogens is 444 g/mol. The Hall–Kier alpha value is -1.75. The first kappa shape index (κ1) is 21.5. The molecule has 1 N–H and O–H groups in total. The van der Waals surface area contributed by atoms with Crippen LogP contribution in [0.1, 0.15) is 46.5 Å². The van der Waals surface area contributed by atoms with E-state index in [1.54, 1.807) is 17.5 Å². The maximum Gasteiger partial charge on any atom is 0.341 e. The number of esters is 1. The number of carbonyl (C=O) groups is 2. The molecule has 4 rings (SSSR count). The van der Waals surface area contributed by atoms with Gasteiger partial charge in [0, 0.05) is 18.0 Å². The summed E-state index contributed by atoms with van der Waals surface area (Å²) in [5.41, 5.74) is 1.45. The minimum absolute atomic E-state index is 0.144. The molecule has 162 valence electrons. The van der Waals surface area contributed by atoms with Crippen molar-refractivity contribution in [3.63, 3.8) is 0 Å². The van der Waals surface area contributed by atoms with Crippen molar-refractivity contribution in [1.82, 2.24) is 4.31 Å². The number of methoxy groups -OCH3 is 1. The zero-order valence-electron chi connectivity index (χ0n) is 16.7. The van der Waals surface area contributed by atoms with Crippen LogP contribution >= 0.6 is 22.7 Å². The largest absolute Gasteiger partial charge is 0.465 e. The van der Waals surface area contributed by atoms with Gasteiger partial charge in [-0.1, -0.05) is 6.07 Å². The zero-order chi connectivity index (χ0) is 21.3. The van der Waals surface area contributed by atoms with Crippen LogP contribution in [0.3, 0.4) is 0 Å². The lowest BCUT2D eigenvalue weighted by Gasteiger charge is -2.30. The second-order valence-electron chi connectivity index (χ2n) is 7.53. The molecule has 10 heteroatoms. The number of aryl methyl sites for hydroxylation is 1. The number of anilines is 1. The number of rotatable bonds is 5. The van der Waals surface area contributed by atoms with E-state index in [4.69, 9.17) is 4.74 Å². The van der Waals surface area contributed by atoms with E-state index in [2.05, 4.69) is 5.32 Å². The van der Waals surface area contributed by atoms with E-state index in [0.717, 1.165) is 36.1 Å². The van der Waals surface area contributed by atoms with Crippen LogP contribution in [0.5, 0.6) is 0 Å². The molecule has 0 aromatic carbocycles. The molecule has 0 bridgehead atoms. The Bertz CT molecular complexity index is 1040. The van der Waals surface area contributed by atoms with Crippen molar-refractivity contribution in [3.8, 4) is 0 Å². The SMILES string of the molecule is COC(=O)c1c(NC(=O)C2CCCN(S(=O)(=O)c3cccs3)C2)sc2c1CCCC2. The number of nitrogens with zero attached hydrogens (tertiary/aromatic N) is 1. The highest BCUT2D eigenvalue weighted by molar-refractivity contribution is 7.91. The van der Waals surface area contributed by atoms with E-state index in [1.807, 2.05) is 0 Å². The van der Waals surface area contributed by atoms with E-state index < -0.39 is 21.9 Å². The number of piperidine rings is 1. The van der Waals surface area contributed by atoms with Gasteiger partial charge in [-0.15, -0.1) is 22.7 Å². The summed E-state index contributed by atoms with van der Waals surface area (Å²) < 4.78 is 32.3. The van der Waals surface area contributed by atoms with E-state index >= 15 is 0 Å². The Kier molecular flexibility index (Phi) is 6.29. The predicted octanol–water partition coefficient (Wildman–Crippen LogP) is 3.51. The summed E-state index contributed by atoms with van der Waals surface area (Å²) in [4.78, 5) is 26.5. The lowest BCUT2D eigenvalue weighted by atomic mass is 9.95. The number of nitrogens with one attached hydrogen (secondary N) is 1. The van der Waals surface area contributed by atoms with E-state index in [1.165, 1.54) is 34.1 Å². The number of ether oxygens (including phenoxy) is 1. The Morgan fingerprint density at radius 1 is 1.23 bits per heavy atom. The maximum atomic E-state index is 13.0. The highest BCUT2D eigenvalue weighted by Gasteiger charge is 2.35. The Morgan fingerprint density at radius 2 is 2.03 bits per heavy atom. The van der Waals surface area contributed by atoms with Crippen molar-refractivity contribution >= 4 is 49.6 Å². The van der Waals surface area contributed by atoms with Gasteiger partial charge in [0.15, 0.2) is 0 Å². The zero-order valence-corrected chi connectivity index (χ0v) is 19.1. The number of sulfonamides is 1. The Morgan fingerprint density at radius 3 is 2.77 bits per heavy atom. The Labute approximate surface area is 184 Å². The molecule has 0 saturated carbocycles. The van der Waals surface area contributed by atoms with Gasteiger partial charge < -0.3 is 10.1 Å². The quantitative estimate of drug-likeness (QED) is 0.678. The van der Waals surface area contributed by atoms with Crippen LogP contribution in [0.25, 0.3) is 0 Å². The minimum atomic E-state index is -3.59. The lowest BCUT2D eigenvalue weighted by Crippen LogP contribution is -2.43. The fraction of sp³-hybridized carbons (Fsp3) is 0.500. The second-order valence-corrected chi connectivity index (χ2v) is 11.7. The molecule has 0 spiro atoms. The number of carbonyl (C=O) groups excluding carboxylic acids is 2. The third kappa shape index (κ3) is 4.05. The van der Waals surface area contributed by atoms with Crippen molar-refractivity contribution < 1.29 is 22.7 Å². The second kappa shape index (κ2) is 8.78. The van der Waals surface area contributed by atoms with Crippen LogP contribution in [-0.2, 0) is 32.4 Å². The van der Waals surface area contributed by atoms with Crippen molar-refractivity contribution in [2.45, 2.75) is 42.7 Å². The van der Waals surface area contributed by atoms with E-state index in [9.17, 15) is 18.0 Å². The van der Waals surface area contributed by atoms with Gasteiger partial charge in [-0.2, -0.15) is 4.31 Å². The molecule has 2 aromatic heterocycles. The molecule has 2 aromatic rings. The summed E-state index contributed by atoms with van der Waals surface area (Å²) in [6.07, 6.45) is 5.02. The molecule has 2 aliphatic rings. The fourth-order valence-electron chi connectivity index (χ4n) is 4.10. The van der Waals surface area contributed by atoms with Crippen LogP contribution in [-0.4, -0.2) is 44.8 Å². The van der Waals surface area contributed by atoms with Gasteiger partial charge in [-0.3, -0.25) is 4.79 Å². The molecule has 1 fully saturated rings. The number of amides is 1. The summed E-state index contributed by atoms with van der Waals surface area (Å²) in [6.45, 7) is 0.551. The minimum Gasteiger partial charge on any atom is -0.465 e. The van der Waals surface area contributed by atoms with E-state index in [0.29, 0.717) is 34.2 Å². The van der Waals surface area contributed by atoms with Gasteiger partial charge >= 0.3 is 5.97 Å². The number of thiophene rings is 2. The first-order valence-corrected chi connectivity index (χ1v) is 13.1. The highest BCUT2D eigenvalue weighted by atomic mass is 32.2. The average molecular weight is 469 g/mol. The molecule has 1 aliphatic heterocycles. The summed E-state index contributed by atoms with van der Waals surface area (Å²) >= 11 is 2.62. The van der Waals surface area contributed by atoms with Gasteiger partial charge in [-0.05, 0) is 55.5 Å². The lowest BCUT2D eigenvalue weighted by molar-refractivity contribution is -0.120. The molecule has 1 unspecified atom stereocenters. The molecule has 3 heterocycles. The molecular formula is C20H24N2O5S3. The molecule has 30 heavy (non-hydrogen) atoms. The van der Waals surface area contributed by atoms with Crippen LogP contribution in [0.4, 0.5) is 5.00 Å². The number of fused-ring (bicyclic) bond motifs is 1. The first-order valence-electron chi connectivity index (χ1n) is 9.99. The first-order chi connectivity index (χ1) is 14.4. The molecule has 1 amide bonds. The van der Waals surface area contributed by atoms with Gasteiger partial charge in [0.25, 0.3) is 10.0 Å². The average Bonchev–Trinajstić information content (AvgIpc) is 3.41. The van der Waals surface area contributed by atoms with Gasteiger partial charge in [0.2, 0.25) is 5.91 Å². The monoisotopic (exact) mass is 468 g/mol. The summed E-state index contributed by atoms with van der Waals surface area (Å²) in [5.74, 6) is -1.14. The van der Waals surface area contributed by atoms with Gasteiger partial charge in [0.1, 0.15) is 9.21 Å². The molecule has 1 saturated heterocycles. The molecule has 0 radical (unpaired) electrons. The molecule has 1 aliphatic carbocycles. The summed E-state index contributed by atoms with van der Waals surface area (Å²) in [5, 5.41) is 5.17. The highest BCUT2D eigenvalue weighted by Crippen LogP contribution is 2.39. The standard InChI is InChI=1S/C20H24N2O5S3/c1-27-20(24)17-14-7-2-3-8-15(14)29-19(17)21-18(23)13-6-4-10-22(12-13)30(25,26)16-9-5-11-28-16/h5,9,11,13H,2-4,6-8,10,12H2,1H3,(H,21,23). The topological polar surface area (TPSA) is 92.8 Å². The number of hydrogen-bond acceptors (Lipinski definition) is 7. The normalized spacial score (nSPS) is 19.8. The van der Waals surface area contributed by atoms with Crippen molar-refractivity contribution in [3.05, 3.63) is 33.5 Å². The molecule has 7 nitrogen and oxygen atoms in total. The Balaban J connectivity index is 1.53. The number of hydrogen-bond donors (Lipinski definition) is 1. The van der Waals surface area contributed by atoms with Crippen molar-refractivity contribution in [2.24, 2.45) is 5.92 Å². The van der Waals surface area contributed by atoms with Gasteiger partial charge in [0.05, 0.1) is 18.6 Å². The predicted molar refractivity (Wildman–Crippen MR) is 117 cm³/mol. The van der Waals surface area contributed by atoms with Crippen LogP contribution < -0.4 is 5.32 Å². The van der Waals surface area contributed by atoms with E-state index in [-0.39, 0.29) is 12.5 Å². The van der Waals surface area contributed by atoms with Crippen LogP contribution in [0.2, 0.25) is 0 Å². The smallest absolute Gasteiger partial charge is 0.341 e. The third-order valence-electron chi connectivity index (χ3n) is 5.64. The summed E-state index contributed by atoms with van der Waals surface area (Å²) in [7, 11) is -2.24. The van der Waals surface area contributed by atoms with Crippen LogP contribution in [0.15, 0.2) is 21.7 Å². The fourth-order valence-corrected chi connectivity index (χ4v) is 8.05. The molecule has 1 atom stereocenters. The maximum absolute atomic E-state index is 13.0. The van der Waals surface area contributed by atoms with Crippen molar-refractivity contribution in [2.75, 3.05) is 25.5 Å². The van der Waals surface area contributed by atoms with Gasteiger partial charge in [-0.25, -0.2) is 13.2 Å². The van der Waals surface area contributed by atoms with Crippen LogP contribution in [0, 0.1) is 5.92 Å². The summed E-state index contributed by atoms with van der Waals surface area (Å²) in [6, 6.07) is 3.29. The third-order valence-corrected chi connectivity index (χ3v) is 10.1.